The van der Waals surface area contributed by atoms with Crippen LogP contribution in [-0.2, 0) is 30.8 Å². The number of carboxylic acid groups (broad SMARTS) is 1. The zero-order valence-corrected chi connectivity index (χ0v) is 29.2. The van der Waals surface area contributed by atoms with Gasteiger partial charge in [0.2, 0.25) is 21.8 Å². The predicted molar refractivity (Wildman–Crippen MR) is 180 cm³/mol. The van der Waals surface area contributed by atoms with Gasteiger partial charge >= 0.3 is 5.97 Å². The summed E-state index contributed by atoms with van der Waals surface area (Å²) in [5, 5.41) is 15.5. The number of aliphatic carboxylic acids is 1. The van der Waals surface area contributed by atoms with Crippen molar-refractivity contribution in [2.75, 3.05) is 20.2 Å². The largest absolute Gasteiger partial charge is 0.497 e. The molecule has 3 N–H and O–H groups in total. The molecule has 2 amide bonds. The fourth-order valence-electron chi connectivity index (χ4n) is 6.84. The zero-order valence-electron chi connectivity index (χ0n) is 28.3. The number of nitrogens with one attached hydrogen (secondary N) is 2. The number of amides is 2. The van der Waals surface area contributed by atoms with Gasteiger partial charge in [-0.15, -0.1) is 0 Å². The Morgan fingerprint density at radius 2 is 1.63 bits per heavy atom. The Morgan fingerprint density at radius 3 is 2.22 bits per heavy atom. The number of benzene rings is 1. The molecule has 0 radical (unpaired) electrons. The van der Waals surface area contributed by atoms with Crippen LogP contribution in [0.3, 0.4) is 0 Å². The van der Waals surface area contributed by atoms with Crippen molar-refractivity contribution in [2.24, 2.45) is 17.8 Å². The van der Waals surface area contributed by atoms with Gasteiger partial charge in [0.15, 0.2) is 0 Å². The van der Waals surface area contributed by atoms with Crippen LogP contribution in [0.5, 0.6) is 5.75 Å². The highest BCUT2D eigenvalue weighted by Crippen LogP contribution is 2.32. The van der Waals surface area contributed by atoms with Crippen molar-refractivity contribution in [1.29, 1.82) is 0 Å². The van der Waals surface area contributed by atoms with Crippen LogP contribution < -0.4 is 15.4 Å². The number of unbranched alkanes of at least 4 members (excludes halogenated alkanes) is 1. The highest BCUT2D eigenvalue weighted by molar-refractivity contribution is 7.89. The number of carboxylic acids is 1. The van der Waals surface area contributed by atoms with E-state index in [9.17, 15) is 27.9 Å². The minimum absolute atomic E-state index is 0.0144. The molecule has 260 valence electrons. The second-order valence-corrected chi connectivity index (χ2v) is 16.1. The molecule has 0 saturated heterocycles. The summed E-state index contributed by atoms with van der Waals surface area (Å²) in [6.07, 6.45) is 10.2. The summed E-state index contributed by atoms with van der Waals surface area (Å²) in [7, 11) is -2.18. The van der Waals surface area contributed by atoms with Crippen LogP contribution in [0, 0.1) is 17.8 Å². The Morgan fingerprint density at radius 1 is 0.978 bits per heavy atom. The Kier molecular flexibility index (Phi) is 15.3. The summed E-state index contributed by atoms with van der Waals surface area (Å²) in [5.74, 6) is -0.0308. The number of ether oxygens (including phenoxy) is 1. The fraction of sp³-hybridized carbons (Fsp3) is 0.743. The van der Waals surface area contributed by atoms with Crippen molar-refractivity contribution in [3.63, 3.8) is 0 Å². The Bertz CT molecular complexity index is 1210. The first kappa shape index (κ1) is 37.8. The molecule has 0 aliphatic heterocycles. The minimum Gasteiger partial charge on any atom is -0.497 e. The summed E-state index contributed by atoms with van der Waals surface area (Å²) in [5.41, 5.74) is 0.828. The van der Waals surface area contributed by atoms with Gasteiger partial charge < -0.3 is 20.5 Å². The zero-order chi connectivity index (χ0) is 33.7. The number of hydrogen-bond donors (Lipinski definition) is 3. The van der Waals surface area contributed by atoms with Gasteiger partial charge in [-0.25, -0.2) is 8.42 Å². The Balaban J connectivity index is 1.57. The third-order valence-corrected chi connectivity index (χ3v) is 11.9. The molecule has 2 saturated carbocycles. The maximum absolute atomic E-state index is 13.7. The lowest BCUT2D eigenvalue weighted by Gasteiger charge is -2.35. The number of carbonyl (C=O) groups excluding carboxylic acids is 2. The van der Waals surface area contributed by atoms with E-state index in [1.165, 1.54) is 10.7 Å². The molecular formula is C35H57N3O7S. The lowest BCUT2D eigenvalue weighted by molar-refractivity contribution is -0.142. The van der Waals surface area contributed by atoms with Crippen molar-refractivity contribution in [2.45, 2.75) is 128 Å². The number of carbonyl (C=O) groups is 3. The first-order chi connectivity index (χ1) is 21.9. The van der Waals surface area contributed by atoms with Crippen molar-refractivity contribution < 1.29 is 32.6 Å². The standard InChI is InChI=1S/C35H57N3O7S/c1-25(2)24-38(46(43,44)30-19-13-26(3)14-20-30)32(35(41)42)12-8-9-21-36-34(40)31(22-27-10-6-5-7-11-27)37-33(39)23-28-15-17-29(45-4)18-16-28/h15-18,25-27,30-32H,5-14,19-24H2,1-4H3,(H,36,40)(H,37,39)(H,41,42)/t26?,30?,31-,32-/m0/s1. The van der Waals surface area contributed by atoms with Gasteiger partial charge in [-0.05, 0) is 86.8 Å². The van der Waals surface area contributed by atoms with Crippen LogP contribution in [0.2, 0.25) is 0 Å². The van der Waals surface area contributed by atoms with Crippen LogP contribution >= 0.6 is 0 Å². The van der Waals surface area contributed by atoms with E-state index in [0.29, 0.717) is 56.2 Å². The maximum atomic E-state index is 13.7. The average molecular weight is 664 g/mol. The maximum Gasteiger partial charge on any atom is 0.322 e. The molecule has 0 aromatic heterocycles. The number of hydrogen-bond acceptors (Lipinski definition) is 6. The van der Waals surface area contributed by atoms with E-state index in [4.69, 9.17) is 4.74 Å². The van der Waals surface area contributed by atoms with Crippen LogP contribution in [0.4, 0.5) is 0 Å². The third-order valence-electron chi connectivity index (χ3n) is 9.56. The molecule has 1 aromatic rings. The lowest BCUT2D eigenvalue weighted by Crippen LogP contribution is -2.50. The van der Waals surface area contributed by atoms with Crippen LogP contribution in [0.25, 0.3) is 0 Å². The van der Waals surface area contributed by atoms with Crippen molar-refractivity contribution in [3.05, 3.63) is 29.8 Å². The molecule has 0 heterocycles. The number of sulfonamides is 1. The van der Waals surface area contributed by atoms with E-state index in [-0.39, 0.29) is 37.1 Å². The van der Waals surface area contributed by atoms with Gasteiger partial charge in [-0.2, -0.15) is 4.31 Å². The minimum atomic E-state index is -3.77. The van der Waals surface area contributed by atoms with E-state index < -0.39 is 33.3 Å². The van der Waals surface area contributed by atoms with E-state index in [1.54, 1.807) is 19.2 Å². The highest BCUT2D eigenvalue weighted by Gasteiger charge is 2.40. The summed E-state index contributed by atoms with van der Waals surface area (Å²) in [6.45, 7) is 6.42. The third kappa shape index (κ3) is 11.9. The van der Waals surface area contributed by atoms with Crippen LogP contribution in [-0.4, -0.2) is 73.1 Å². The smallest absolute Gasteiger partial charge is 0.322 e. The van der Waals surface area contributed by atoms with Crippen molar-refractivity contribution in [3.8, 4) is 5.75 Å². The first-order valence-corrected chi connectivity index (χ1v) is 18.8. The molecule has 1 aromatic carbocycles. The molecule has 2 fully saturated rings. The molecule has 46 heavy (non-hydrogen) atoms. The summed E-state index contributed by atoms with van der Waals surface area (Å²) < 4.78 is 33.8. The molecule has 2 aliphatic rings. The van der Waals surface area contributed by atoms with Crippen LogP contribution in [0.1, 0.15) is 110 Å². The molecule has 2 aliphatic carbocycles. The van der Waals surface area contributed by atoms with E-state index in [1.807, 2.05) is 26.0 Å². The normalized spacial score (nSPS) is 20.7. The number of nitrogens with zero attached hydrogens (tertiary/aromatic N) is 1. The molecule has 0 spiro atoms. The van der Waals surface area contributed by atoms with Crippen molar-refractivity contribution >= 4 is 27.8 Å². The quantitative estimate of drug-likeness (QED) is 0.181. The summed E-state index contributed by atoms with van der Waals surface area (Å²) in [4.78, 5) is 38.7. The van der Waals surface area contributed by atoms with E-state index >= 15 is 0 Å². The SMILES string of the molecule is COc1ccc(CC(=O)N[C@@H](CC2CCCCC2)C(=O)NCCCC[C@@H](C(=O)O)N(CC(C)C)S(=O)(=O)C2CCC(C)CC2)cc1. The Hall–Kier alpha value is -2.66. The molecule has 0 bridgehead atoms. The second kappa shape index (κ2) is 18.6. The summed E-state index contributed by atoms with van der Waals surface area (Å²) >= 11 is 0. The van der Waals surface area contributed by atoms with Gasteiger partial charge in [-0.3, -0.25) is 14.4 Å². The summed E-state index contributed by atoms with van der Waals surface area (Å²) in [6, 6.07) is 5.49. The molecule has 10 nitrogen and oxygen atoms in total. The van der Waals surface area contributed by atoms with E-state index in [2.05, 4.69) is 17.6 Å². The average Bonchev–Trinajstić information content (AvgIpc) is 3.02. The first-order valence-electron chi connectivity index (χ1n) is 17.3. The molecule has 3 rings (SSSR count). The molecule has 2 atom stereocenters. The number of rotatable bonds is 18. The van der Waals surface area contributed by atoms with Gasteiger partial charge in [0, 0.05) is 13.1 Å². The topological polar surface area (TPSA) is 142 Å². The highest BCUT2D eigenvalue weighted by atomic mass is 32.2. The van der Waals surface area contributed by atoms with Gasteiger partial charge in [-0.1, -0.05) is 65.0 Å². The monoisotopic (exact) mass is 663 g/mol. The predicted octanol–water partition coefficient (Wildman–Crippen LogP) is 5.30. The lowest BCUT2D eigenvalue weighted by atomic mass is 9.84. The van der Waals surface area contributed by atoms with Gasteiger partial charge in [0.1, 0.15) is 17.8 Å². The van der Waals surface area contributed by atoms with Gasteiger partial charge in [0.05, 0.1) is 18.8 Å². The van der Waals surface area contributed by atoms with Crippen molar-refractivity contribution in [1.82, 2.24) is 14.9 Å². The van der Waals surface area contributed by atoms with E-state index in [0.717, 1.165) is 44.1 Å². The Labute approximate surface area is 276 Å². The fourth-order valence-corrected chi connectivity index (χ4v) is 9.14. The molecular weight excluding hydrogens is 606 g/mol. The van der Waals surface area contributed by atoms with Gasteiger partial charge in [0.25, 0.3) is 0 Å². The molecule has 11 heteroatoms. The number of methoxy groups -OCH3 is 1. The molecule has 0 unspecified atom stereocenters. The second-order valence-electron chi connectivity index (χ2n) is 13.9. The van der Waals surface area contributed by atoms with Crippen LogP contribution in [0.15, 0.2) is 24.3 Å².